The van der Waals surface area contributed by atoms with Crippen molar-refractivity contribution in [3.05, 3.63) is 35.9 Å². The van der Waals surface area contributed by atoms with E-state index in [1.807, 2.05) is 4.90 Å². The summed E-state index contributed by atoms with van der Waals surface area (Å²) >= 11 is 0. The highest BCUT2D eigenvalue weighted by molar-refractivity contribution is 5.83. The van der Waals surface area contributed by atoms with Gasteiger partial charge in [0.1, 0.15) is 0 Å². The Bertz CT molecular complexity index is 527. The third kappa shape index (κ3) is 2.44. The van der Waals surface area contributed by atoms with Gasteiger partial charge in [-0.15, -0.1) is 0 Å². The molecule has 4 nitrogen and oxygen atoms in total. The van der Waals surface area contributed by atoms with Crippen molar-refractivity contribution in [2.75, 3.05) is 32.8 Å². The number of nitrogens with zero attached hydrogens (tertiary/aromatic N) is 2. The average molecular weight is 300 g/mol. The fraction of sp³-hybridized carbons (Fsp3) is 0.611. The number of amides is 1. The number of hydrogen-bond acceptors (Lipinski definition) is 3. The average Bonchev–Trinajstić information content (AvgIpc) is 3.29. The third-order valence-corrected chi connectivity index (χ3v) is 5.53. The number of rotatable bonds is 3. The lowest BCUT2D eigenvalue weighted by Gasteiger charge is -2.48. The Kier molecular flexibility index (Phi) is 3.66. The van der Waals surface area contributed by atoms with Crippen LogP contribution in [0.5, 0.6) is 0 Å². The van der Waals surface area contributed by atoms with Crippen LogP contribution in [0.2, 0.25) is 0 Å². The number of hydrogen-bond donors (Lipinski definition) is 0. The molecule has 3 saturated heterocycles. The molecule has 1 atom stereocenters. The van der Waals surface area contributed by atoms with Gasteiger partial charge in [0, 0.05) is 18.6 Å². The van der Waals surface area contributed by atoms with Crippen molar-refractivity contribution in [1.82, 2.24) is 9.80 Å². The van der Waals surface area contributed by atoms with Crippen LogP contribution in [-0.2, 0) is 15.1 Å². The summed E-state index contributed by atoms with van der Waals surface area (Å²) in [4.78, 5) is 16.9. The van der Waals surface area contributed by atoms with E-state index in [9.17, 15) is 4.79 Å². The van der Waals surface area contributed by atoms with Gasteiger partial charge in [-0.3, -0.25) is 9.69 Å². The number of epoxide rings is 1. The lowest BCUT2D eigenvalue weighted by Crippen LogP contribution is -2.54. The standard InChI is InChI=1S/C18H24N2O2/c21-17(16-14-22-16)19-12-8-18(9-13-19,20-10-4-5-11-20)15-6-2-1-3-7-15/h1-3,6-7,16H,4-5,8-14H2. The molecular weight excluding hydrogens is 276 g/mol. The van der Waals surface area contributed by atoms with Gasteiger partial charge < -0.3 is 9.64 Å². The van der Waals surface area contributed by atoms with Gasteiger partial charge in [0.25, 0.3) is 5.91 Å². The summed E-state index contributed by atoms with van der Waals surface area (Å²) in [5.74, 6) is 0.197. The molecule has 0 aliphatic carbocycles. The lowest BCUT2D eigenvalue weighted by molar-refractivity contribution is -0.135. The normalized spacial score (nSPS) is 27.8. The van der Waals surface area contributed by atoms with Gasteiger partial charge in [0.15, 0.2) is 6.10 Å². The highest BCUT2D eigenvalue weighted by Crippen LogP contribution is 2.41. The van der Waals surface area contributed by atoms with Crippen LogP contribution in [0, 0.1) is 0 Å². The molecule has 4 heteroatoms. The fourth-order valence-electron chi connectivity index (χ4n) is 4.17. The Morgan fingerprint density at radius 3 is 2.27 bits per heavy atom. The molecular formula is C18H24N2O2. The summed E-state index contributed by atoms with van der Waals surface area (Å²) in [6, 6.07) is 10.9. The van der Waals surface area contributed by atoms with Crippen LogP contribution >= 0.6 is 0 Å². The fourth-order valence-corrected chi connectivity index (χ4v) is 4.17. The molecule has 0 spiro atoms. The maximum absolute atomic E-state index is 12.2. The summed E-state index contributed by atoms with van der Waals surface area (Å²) in [5.41, 5.74) is 1.55. The van der Waals surface area contributed by atoms with Crippen molar-refractivity contribution in [1.29, 1.82) is 0 Å². The minimum Gasteiger partial charge on any atom is -0.363 e. The van der Waals surface area contributed by atoms with E-state index >= 15 is 0 Å². The Labute approximate surface area is 132 Å². The molecule has 3 fully saturated rings. The van der Waals surface area contributed by atoms with E-state index in [4.69, 9.17) is 4.74 Å². The van der Waals surface area contributed by atoms with E-state index in [-0.39, 0.29) is 17.6 Å². The zero-order valence-electron chi connectivity index (χ0n) is 13.0. The van der Waals surface area contributed by atoms with Crippen LogP contribution in [0.4, 0.5) is 0 Å². The molecule has 3 heterocycles. The van der Waals surface area contributed by atoms with Crippen molar-refractivity contribution in [2.45, 2.75) is 37.3 Å². The van der Waals surface area contributed by atoms with Gasteiger partial charge in [0.05, 0.1) is 6.61 Å². The Hall–Kier alpha value is -1.39. The number of carbonyl (C=O) groups excluding carboxylic acids is 1. The maximum Gasteiger partial charge on any atom is 0.254 e. The summed E-state index contributed by atoms with van der Waals surface area (Å²) in [6.45, 7) is 4.70. The van der Waals surface area contributed by atoms with Gasteiger partial charge >= 0.3 is 0 Å². The van der Waals surface area contributed by atoms with Crippen LogP contribution in [0.25, 0.3) is 0 Å². The van der Waals surface area contributed by atoms with Crippen molar-refractivity contribution in [3.63, 3.8) is 0 Å². The first-order chi connectivity index (χ1) is 10.8. The molecule has 0 aromatic heterocycles. The Morgan fingerprint density at radius 2 is 1.68 bits per heavy atom. The first-order valence-corrected chi connectivity index (χ1v) is 8.51. The van der Waals surface area contributed by atoms with Gasteiger partial charge in [-0.1, -0.05) is 30.3 Å². The third-order valence-electron chi connectivity index (χ3n) is 5.53. The molecule has 0 radical (unpaired) electrons. The van der Waals surface area contributed by atoms with Crippen molar-refractivity contribution < 1.29 is 9.53 Å². The van der Waals surface area contributed by atoms with Crippen LogP contribution < -0.4 is 0 Å². The zero-order chi connectivity index (χ0) is 15.0. The van der Waals surface area contributed by atoms with E-state index in [1.54, 1.807) is 0 Å². The topological polar surface area (TPSA) is 36.1 Å². The zero-order valence-corrected chi connectivity index (χ0v) is 13.0. The van der Waals surface area contributed by atoms with Crippen molar-refractivity contribution in [2.24, 2.45) is 0 Å². The molecule has 22 heavy (non-hydrogen) atoms. The first kappa shape index (κ1) is 14.2. The molecule has 0 saturated carbocycles. The SMILES string of the molecule is O=C(C1CO1)N1CCC(c2ccccc2)(N2CCCC2)CC1. The lowest BCUT2D eigenvalue weighted by atomic mass is 9.79. The predicted molar refractivity (Wildman–Crippen MR) is 84.5 cm³/mol. The number of likely N-dealkylation sites (tertiary alicyclic amines) is 2. The second-order valence-corrected chi connectivity index (χ2v) is 6.74. The van der Waals surface area contributed by atoms with Gasteiger partial charge in [-0.2, -0.15) is 0 Å². The van der Waals surface area contributed by atoms with E-state index in [0.29, 0.717) is 6.61 Å². The number of carbonyl (C=O) groups is 1. The minimum absolute atomic E-state index is 0.124. The summed E-state index contributed by atoms with van der Waals surface area (Å²) in [6.07, 6.45) is 4.53. The highest BCUT2D eigenvalue weighted by atomic mass is 16.6. The van der Waals surface area contributed by atoms with Crippen LogP contribution in [-0.4, -0.2) is 54.6 Å². The van der Waals surface area contributed by atoms with Crippen LogP contribution in [0.1, 0.15) is 31.2 Å². The molecule has 1 unspecified atom stereocenters. The predicted octanol–water partition coefficient (Wildman–Crippen LogP) is 2.00. The number of piperidine rings is 1. The smallest absolute Gasteiger partial charge is 0.254 e. The quantitative estimate of drug-likeness (QED) is 0.801. The second kappa shape index (κ2) is 5.67. The molecule has 3 aliphatic rings. The molecule has 118 valence electrons. The Morgan fingerprint density at radius 1 is 1.05 bits per heavy atom. The highest BCUT2D eigenvalue weighted by Gasteiger charge is 2.45. The van der Waals surface area contributed by atoms with Crippen LogP contribution in [0.3, 0.4) is 0 Å². The van der Waals surface area contributed by atoms with Gasteiger partial charge in [0.2, 0.25) is 0 Å². The Balaban J connectivity index is 1.56. The molecule has 1 aromatic rings. The largest absolute Gasteiger partial charge is 0.363 e. The van der Waals surface area contributed by atoms with Crippen molar-refractivity contribution >= 4 is 5.91 Å². The summed E-state index contributed by atoms with van der Waals surface area (Å²) in [7, 11) is 0. The molecule has 1 aromatic carbocycles. The minimum atomic E-state index is -0.143. The molecule has 0 bridgehead atoms. The van der Waals surface area contributed by atoms with E-state index in [1.165, 1.54) is 31.5 Å². The molecule has 1 amide bonds. The molecule has 4 rings (SSSR count). The first-order valence-electron chi connectivity index (χ1n) is 8.51. The van der Waals surface area contributed by atoms with E-state index in [0.717, 1.165) is 25.9 Å². The number of ether oxygens (including phenoxy) is 1. The summed E-state index contributed by atoms with van der Waals surface area (Å²) in [5, 5.41) is 0. The summed E-state index contributed by atoms with van der Waals surface area (Å²) < 4.78 is 5.16. The number of benzene rings is 1. The maximum atomic E-state index is 12.2. The monoisotopic (exact) mass is 300 g/mol. The molecule has 0 N–H and O–H groups in total. The van der Waals surface area contributed by atoms with E-state index in [2.05, 4.69) is 35.2 Å². The van der Waals surface area contributed by atoms with Crippen molar-refractivity contribution in [3.8, 4) is 0 Å². The van der Waals surface area contributed by atoms with Gasteiger partial charge in [-0.25, -0.2) is 0 Å². The second-order valence-electron chi connectivity index (χ2n) is 6.74. The van der Waals surface area contributed by atoms with Crippen LogP contribution in [0.15, 0.2) is 30.3 Å². The van der Waals surface area contributed by atoms with Gasteiger partial charge in [-0.05, 0) is 44.3 Å². The van der Waals surface area contributed by atoms with E-state index < -0.39 is 0 Å². The molecule has 3 aliphatic heterocycles.